The molecule has 0 saturated heterocycles. The van der Waals surface area contributed by atoms with Gasteiger partial charge in [0.05, 0.1) is 29.0 Å². The fourth-order valence-electron chi connectivity index (χ4n) is 12.0. The first-order valence-corrected chi connectivity index (χ1v) is 37.6. The molecule has 0 aliphatic rings. The third kappa shape index (κ3) is 38.8. The summed E-state index contributed by atoms with van der Waals surface area (Å²) in [7, 11) is 0. The zero-order chi connectivity index (χ0) is 68.1. The van der Waals surface area contributed by atoms with E-state index >= 15 is 0 Å². The molecule has 4 aromatic carbocycles. The van der Waals surface area contributed by atoms with Crippen molar-refractivity contribution in [1.29, 1.82) is 0 Å². The Balaban J connectivity index is 0.00000123. The van der Waals surface area contributed by atoms with Gasteiger partial charge in [-0.2, -0.15) is 0 Å². The normalized spacial score (nSPS) is 11.3. The first-order chi connectivity index (χ1) is 45.2. The van der Waals surface area contributed by atoms with E-state index < -0.39 is 34.9 Å². The number of phenols is 4. The second-order valence-electron chi connectivity index (χ2n) is 26.1. The Kier molecular flexibility index (Phi) is 52.0. The van der Waals surface area contributed by atoms with Gasteiger partial charge in [-0.05, 0) is 159 Å². The van der Waals surface area contributed by atoms with Crippen LogP contribution in [0.4, 0.5) is 11.4 Å². The van der Waals surface area contributed by atoms with Crippen LogP contribution in [0.2, 0.25) is 0 Å². The maximum atomic E-state index is 10.7. The quantitative estimate of drug-likeness (QED) is 0.0111. The van der Waals surface area contributed by atoms with Crippen LogP contribution < -0.4 is 10.2 Å². The Labute approximate surface area is 582 Å². The predicted octanol–water partition coefficient (Wildman–Crippen LogP) is 22.1. The van der Waals surface area contributed by atoms with Gasteiger partial charge in [0, 0.05) is 17.5 Å². The van der Waals surface area contributed by atoms with Gasteiger partial charge in [0.15, 0.2) is 23.0 Å². The smallest absolute Gasteiger partial charge is 0.545 e. The number of aromatic hydroxyl groups is 4. The van der Waals surface area contributed by atoms with E-state index in [0.29, 0.717) is 24.0 Å². The van der Waals surface area contributed by atoms with E-state index in [1.54, 1.807) is 0 Å². The van der Waals surface area contributed by atoms with Crippen molar-refractivity contribution in [2.75, 3.05) is 0 Å². The van der Waals surface area contributed by atoms with E-state index in [0.717, 1.165) is 80.6 Å². The summed E-state index contributed by atoms with van der Waals surface area (Å²) in [6.07, 6.45) is 55.5. The van der Waals surface area contributed by atoms with Crippen molar-refractivity contribution in [3.05, 3.63) is 105 Å². The number of hydrogen-bond acceptors (Lipinski definition) is 10. The molecule has 528 valence electrons. The van der Waals surface area contributed by atoms with Gasteiger partial charge in [-0.3, -0.25) is 4.99 Å². The van der Waals surface area contributed by atoms with Crippen LogP contribution in [-0.2, 0) is 55.0 Å². The standard InChI is InChI=1S/C63H106N2.2C10H12O4.Ni/c1-7-13-19-21-23-24-25-26-27-28-29-30-31-32-33-34-35-37-43-49-63(65-61-54-58(46-40-17-11-5)51-59(55-61)47-41-18-12-6)62(48-42-36-22-20-14-8-2)64-60-52-56(44-38-15-9-3)50-57(53-60)45-39-16-10-4;2*1-2-3-6-4-5-7(11)9(12)8(6)10(13)14;/h50-55H,7-42,44-48H2,1-6H3;2*4-5,11-12H,2-3H2,1H3,(H,13,14);/q;;;+2/p-2. The molecule has 94 heavy (non-hydrogen) atoms. The third-order valence-corrected chi connectivity index (χ3v) is 17.4. The van der Waals surface area contributed by atoms with E-state index in [1.165, 1.54) is 265 Å². The number of phenolic OH excluding ortho intramolecular Hbond substituents is 2. The SMILES string of the molecule is CCCCCCCCCCCCCCCCCCCC#CC(=Nc1cc(CCCCC)cc(CCCCC)c1)C(CCCCCCCC)=Nc1cc(CCCCC)cc(CCCCC)c1.CCCc1ccc(O)c(O)c1C(=O)[O-].CCCc1ccc(O)c(O)c1C(=O)[O-].[Ni+2]. The van der Waals surface area contributed by atoms with E-state index in [1.807, 2.05) is 13.8 Å². The van der Waals surface area contributed by atoms with Crippen molar-refractivity contribution in [1.82, 2.24) is 0 Å². The van der Waals surface area contributed by atoms with Crippen LogP contribution in [0.15, 0.2) is 70.6 Å². The molecule has 0 radical (unpaired) electrons. The second kappa shape index (κ2) is 56.6. The minimum atomic E-state index is -1.47. The number of carboxylic acids is 2. The van der Waals surface area contributed by atoms with Gasteiger partial charge in [-0.1, -0.05) is 285 Å². The number of hydrogen-bond donors (Lipinski definition) is 4. The molecule has 0 aliphatic carbocycles. The van der Waals surface area contributed by atoms with E-state index in [2.05, 4.69) is 89.8 Å². The maximum absolute atomic E-state index is 10.7. The average molecular weight is 1340 g/mol. The number of carbonyl (C=O) groups excluding carboxylic acids is 2. The average Bonchev–Trinajstić information content (AvgIpc) is 1.05. The number of aromatic carboxylic acids is 2. The Bertz CT molecular complexity index is 2650. The molecule has 4 aromatic rings. The fraction of sp³-hybridized carbons (Fsp3) is 0.639. The van der Waals surface area contributed by atoms with Crippen molar-refractivity contribution in [2.45, 2.75) is 344 Å². The second-order valence-corrected chi connectivity index (χ2v) is 26.1. The van der Waals surface area contributed by atoms with Gasteiger partial charge < -0.3 is 40.2 Å². The van der Waals surface area contributed by atoms with Crippen LogP contribution in [0, 0.1) is 11.8 Å². The minimum absolute atomic E-state index is 0. The zero-order valence-corrected chi connectivity index (χ0v) is 61.2. The minimum Gasteiger partial charge on any atom is -0.545 e. The van der Waals surface area contributed by atoms with Crippen LogP contribution in [0.3, 0.4) is 0 Å². The third-order valence-electron chi connectivity index (χ3n) is 17.4. The molecule has 0 bridgehead atoms. The number of benzene rings is 4. The first kappa shape index (κ1) is 86.4. The molecule has 10 nitrogen and oxygen atoms in total. The van der Waals surface area contributed by atoms with E-state index in [-0.39, 0.29) is 27.6 Å². The molecule has 0 aromatic heterocycles. The summed E-state index contributed by atoms with van der Waals surface area (Å²) in [5, 5.41) is 58.2. The summed E-state index contributed by atoms with van der Waals surface area (Å²) in [5.41, 5.74) is 10.3. The van der Waals surface area contributed by atoms with Crippen LogP contribution in [0.25, 0.3) is 0 Å². The molecule has 0 spiro atoms. The number of carboxylic acid groups (broad SMARTS) is 2. The summed E-state index contributed by atoms with van der Waals surface area (Å²) in [4.78, 5) is 32.5. The van der Waals surface area contributed by atoms with Crippen LogP contribution in [0.5, 0.6) is 23.0 Å². The van der Waals surface area contributed by atoms with Crippen molar-refractivity contribution >= 4 is 34.7 Å². The number of rotatable bonds is 49. The summed E-state index contributed by atoms with van der Waals surface area (Å²) >= 11 is 0. The van der Waals surface area contributed by atoms with E-state index in [4.69, 9.17) is 20.2 Å². The van der Waals surface area contributed by atoms with Crippen molar-refractivity contribution in [2.24, 2.45) is 9.98 Å². The monoisotopic (exact) mass is 1340 g/mol. The van der Waals surface area contributed by atoms with Gasteiger partial charge in [-0.15, -0.1) is 0 Å². The molecule has 0 heterocycles. The Morgan fingerprint density at radius 3 is 0.979 bits per heavy atom. The van der Waals surface area contributed by atoms with Crippen LogP contribution in [0.1, 0.15) is 360 Å². The van der Waals surface area contributed by atoms with Gasteiger partial charge in [0.2, 0.25) is 0 Å². The first-order valence-electron chi connectivity index (χ1n) is 37.6. The van der Waals surface area contributed by atoms with Gasteiger partial charge >= 0.3 is 16.5 Å². The van der Waals surface area contributed by atoms with Crippen molar-refractivity contribution in [3.63, 3.8) is 0 Å². The molecule has 4 rings (SSSR count). The predicted molar refractivity (Wildman–Crippen MR) is 391 cm³/mol. The zero-order valence-electron chi connectivity index (χ0n) is 60.2. The summed E-state index contributed by atoms with van der Waals surface area (Å²) in [5.74, 6) is 2.36. The summed E-state index contributed by atoms with van der Waals surface area (Å²) in [6, 6.07) is 20.0. The number of unbranched alkanes of at least 4 members (excludes halogenated alkanes) is 30. The molecule has 11 heteroatoms. The Morgan fingerprint density at radius 1 is 0.362 bits per heavy atom. The van der Waals surface area contributed by atoms with Crippen LogP contribution in [-0.4, -0.2) is 43.8 Å². The van der Waals surface area contributed by atoms with Crippen molar-refractivity contribution < 1.29 is 56.7 Å². The topological polar surface area (TPSA) is 186 Å². The molecule has 0 amide bonds. The molecule has 0 unspecified atom stereocenters. The maximum Gasteiger partial charge on any atom is 2.00 e. The number of carbonyl (C=O) groups is 2. The molecule has 0 atom stereocenters. The number of aliphatic imine (C=N–C) groups is 2. The largest absolute Gasteiger partial charge is 2.00 e. The molecule has 0 saturated carbocycles. The van der Waals surface area contributed by atoms with Crippen LogP contribution >= 0.6 is 0 Å². The number of nitrogens with zero attached hydrogens (tertiary/aromatic N) is 2. The van der Waals surface area contributed by atoms with Gasteiger partial charge in [0.1, 0.15) is 5.71 Å². The molecule has 0 aliphatic heterocycles. The molecular formula is C83H128N2NiO8. The molecular weight excluding hydrogens is 1210 g/mol. The van der Waals surface area contributed by atoms with Crippen molar-refractivity contribution in [3.8, 4) is 34.8 Å². The molecule has 0 fully saturated rings. The molecule has 4 N–H and O–H groups in total. The Hall–Kier alpha value is -5.59. The number of aryl methyl sites for hydroxylation is 6. The van der Waals surface area contributed by atoms with Gasteiger partial charge in [-0.25, -0.2) is 4.99 Å². The van der Waals surface area contributed by atoms with Gasteiger partial charge in [0.25, 0.3) is 0 Å². The van der Waals surface area contributed by atoms with E-state index in [9.17, 15) is 30.0 Å². The Morgan fingerprint density at radius 2 is 0.660 bits per heavy atom. The summed E-state index contributed by atoms with van der Waals surface area (Å²) in [6.45, 7) is 17.6. The fourth-order valence-corrected chi connectivity index (χ4v) is 12.0. The summed E-state index contributed by atoms with van der Waals surface area (Å²) < 4.78 is 0.